The van der Waals surface area contributed by atoms with Crippen molar-refractivity contribution in [3.8, 4) is 0 Å². The molecule has 0 saturated heterocycles. The number of hydrogen-bond acceptors (Lipinski definition) is 3. The van der Waals surface area contributed by atoms with Crippen molar-refractivity contribution in [2.24, 2.45) is 13.0 Å². The van der Waals surface area contributed by atoms with Crippen LogP contribution in [0.3, 0.4) is 0 Å². The fraction of sp³-hybridized carbons (Fsp3) is 0.529. The summed E-state index contributed by atoms with van der Waals surface area (Å²) in [7, 11) is 1.92. The molecule has 0 fully saturated rings. The molecular formula is C17H23N3OS. The number of carbonyl (C=O) groups is 1. The summed E-state index contributed by atoms with van der Waals surface area (Å²) in [5.74, 6) is 0.762. The van der Waals surface area contributed by atoms with Gasteiger partial charge in [-0.05, 0) is 50.7 Å². The number of fused-ring (bicyclic) bond motifs is 1. The van der Waals surface area contributed by atoms with Gasteiger partial charge in [-0.15, -0.1) is 11.3 Å². The third kappa shape index (κ3) is 2.82. The molecule has 2 atom stereocenters. The van der Waals surface area contributed by atoms with Gasteiger partial charge in [0, 0.05) is 23.2 Å². The number of carbonyl (C=O) groups excluding carboxylic acids is 1. The number of rotatable bonds is 3. The minimum Gasteiger partial charge on any atom is -0.345 e. The van der Waals surface area contributed by atoms with Gasteiger partial charge in [-0.3, -0.25) is 9.48 Å². The number of nitrogens with one attached hydrogen (secondary N) is 1. The first kappa shape index (κ1) is 15.3. The summed E-state index contributed by atoms with van der Waals surface area (Å²) in [6.45, 7) is 6.32. The Morgan fingerprint density at radius 2 is 2.32 bits per heavy atom. The second-order valence-corrected chi connectivity index (χ2v) is 7.55. The zero-order valence-corrected chi connectivity index (χ0v) is 14.5. The molecule has 5 heteroatoms. The lowest BCUT2D eigenvalue weighted by molar-refractivity contribution is 0.0944. The lowest BCUT2D eigenvalue weighted by atomic mass is 9.90. The Morgan fingerprint density at radius 1 is 1.55 bits per heavy atom. The van der Waals surface area contributed by atoms with E-state index in [9.17, 15) is 4.79 Å². The first-order chi connectivity index (χ1) is 10.5. The van der Waals surface area contributed by atoms with Crippen LogP contribution in [0.1, 0.15) is 57.7 Å². The molecule has 0 aliphatic heterocycles. The van der Waals surface area contributed by atoms with Crippen LogP contribution < -0.4 is 5.32 Å². The number of amides is 1. The van der Waals surface area contributed by atoms with E-state index in [1.807, 2.05) is 31.8 Å². The first-order valence-corrected chi connectivity index (χ1v) is 8.68. The maximum atomic E-state index is 12.5. The summed E-state index contributed by atoms with van der Waals surface area (Å²) in [6, 6.07) is 2.06. The van der Waals surface area contributed by atoms with Crippen molar-refractivity contribution in [3.05, 3.63) is 38.8 Å². The summed E-state index contributed by atoms with van der Waals surface area (Å²) in [4.78, 5) is 14.8. The minimum absolute atomic E-state index is 0.0285. The van der Waals surface area contributed by atoms with E-state index < -0.39 is 0 Å². The van der Waals surface area contributed by atoms with Gasteiger partial charge in [-0.2, -0.15) is 5.10 Å². The molecule has 1 aliphatic carbocycles. The average Bonchev–Trinajstić information content (AvgIpc) is 3.03. The van der Waals surface area contributed by atoms with Gasteiger partial charge >= 0.3 is 0 Å². The molecule has 22 heavy (non-hydrogen) atoms. The number of hydrogen-bond donors (Lipinski definition) is 1. The van der Waals surface area contributed by atoms with E-state index in [1.54, 1.807) is 11.3 Å². The molecule has 0 bridgehead atoms. The van der Waals surface area contributed by atoms with Crippen LogP contribution in [0, 0.1) is 12.8 Å². The van der Waals surface area contributed by atoms with Crippen LogP contribution in [0.25, 0.3) is 0 Å². The fourth-order valence-corrected chi connectivity index (χ4v) is 4.22. The van der Waals surface area contributed by atoms with Crippen LogP contribution in [0.5, 0.6) is 0 Å². The standard InChI is InChI=1S/C17H23N3OS/c1-10-5-6-15-13(7-10)8-16(22-15)17(21)19-11(2)14-9-18-20(4)12(14)3/h8-11H,5-7H2,1-4H3,(H,19,21)/t10-,11-/m0/s1. The van der Waals surface area contributed by atoms with E-state index in [2.05, 4.69) is 23.4 Å². The van der Waals surface area contributed by atoms with Gasteiger partial charge in [0.25, 0.3) is 5.91 Å². The summed E-state index contributed by atoms with van der Waals surface area (Å²) in [5, 5.41) is 7.35. The lowest BCUT2D eigenvalue weighted by Gasteiger charge is -2.16. The zero-order chi connectivity index (χ0) is 15.9. The molecule has 0 saturated carbocycles. The highest BCUT2D eigenvalue weighted by molar-refractivity contribution is 7.14. The van der Waals surface area contributed by atoms with Crippen LogP contribution in [-0.4, -0.2) is 15.7 Å². The maximum Gasteiger partial charge on any atom is 0.261 e. The Morgan fingerprint density at radius 3 is 3.00 bits per heavy atom. The van der Waals surface area contributed by atoms with Gasteiger partial charge in [0.1, 0.15) is 0 Å². The Bertz CT molecular complexity index is 701. The van der Waals surface area contributed by atoms with Gasteiger partial charge in [0.15, 0.2) is 0 Å². The van der Waals surface area contributed by atoms with Gasteiger partial charge in [-0.25, -0.2) is 0 Å². The molecule has 1 aliphatic rings. The molecule has 1 N–H and O–H groups in total. The predicted octanol–water partition coefficient (Wildman–Crippen LogP) is 3.41. The van der Waals surface area contributed by atoms with Crippen molar-refractivity contribution in [1.82, 2.24) is 15.1 Å². The van der Waals surface area contributed by atoms with Crippen molar-refractivity contribution in [1.29, 1.82) is 0 Å². The molecule has 2 aromatic rings. The van der Waals surface area contributed by atoms with Crippen LogP contribution in [-0.2, 0) is 19.9 Å². The Balaban J connectivity index is 1.73. The van der Waals surface area contributed by atoms with Crippen molar-refractivity contribution < 1.29 is 4.79 Å². The molecule has 0 unspecified atom stereocenters. The highest BCUT2D eigenvalue weighted by Crippen LogP contribution is 2.32. The number of nitrogens with zero attached hydrogens (tertiary/aromatic N) is 2. The molecule has 0 radical (unpaired) electrons. The van der Waals surface area contributed by atoms with Gasteiger partial charge in [-0.1, -0.05) is 6.92 Å². The zero-order valence-electron chi connectivity index (χ0n) is 13.6. The van der Waals surface area contributed by atoms with Crippen molar-refractivity contribution in [2.45, 2.75) is 46.1 Å². The third-order valence-corrected chi connectivity index (χ3v) is 5.88. The van der Waals surface area contributed by atoms with E-state index in [4.69, 9.17) is 0 Å². The molecule has 2 aromatic heterocycles. The highest BCUT2D eigenvalue weighted by Gasteiger charge is 2.22. The highest BCUT2D eigenvalue weighted by atomic mass is 32.1. The predicted molar refractivity (Wildman–Crippen MR) is 89.3 cm³/mol. The van der Waals surface area contributed by atoms with E-state index in [-0.39, 0.29) is 11.9 Å². The van der Waals surface area contributed by atoms with Gasteiger partial charge in [0.05, 0.1) is 17.1 Å². The number of thiophene rings is 1. The second-order valence-electron chi connectivity index (χ2n) is 6.41. The molecule has 2 heterocycles. The summed E-state index contributed by atoms with van der Waals surface area (Å²) >= 11 is 1.66. The summed E-state index contributed by atoms with van der Waals surface area (Å²) in [6.07, 6.45) is 5.29. The van der Waals surface area contributed by atoms with Crippen LogP contribution in [0.15, 0.2) is 12.3 Å². The Labute approximate surface area is 135 Å². The maximum absolute atomic E-state index is 12.5. The topological polar surface area (TPSA) is 46.9 Å². The van der Waals surface area contributed by atoms with Crippen molar-refractivity contribution >= 4 is 17.2 Å². The lowest BCUT2D eigenvalue weighted by Crippen LogP contribution is -2.26. The second kappa shape index (κ2) is 5.88. The van der Waals surface area contributed by atoms with Gasteiger partial charge < -0.3 is 5.32 Å². The van der Waals surface area contributed by atoms with Crippen LogP contribution in [0.4, 0.5) is 0 Å². The summed E-state index contributed by atoms with van der Waals surface area (Å²) < 4.78 is 1.84. The summed E-state index contributed by atoms with van der Waals surface area (Å²) in [5.41, 5.74) is 3.54. The molecule has 1 amide bonds. The molecule has 0 aromatic carbocycles. The van der Waals surface area contributed by atoms with E-state index >= 15 is 0 Å². The number of aryl methyl sites for hydroxylation is 2. The third-order valence-electron chi connectivity index (χ3n) is 4.64. The molecule has 4 nitrogen and oxygen atoms in total. The molecule has 0 spiro atoms. The van der Waals surface area contributed by atoms with Crippen LogP contribution in [0.2, 0.25) is 0 Å². The number of aromatic nitrogens is 2. The molecular weight excluding hydrogens is 294 g/mol. The average molecular weight is 317 g/mol. The van der Waals surface area contributed by atoms with E-state index in [0.29, 0.717) is 0 Å². The Kier molecular flexibility index (Phi) is 4.08. The van der Waals surface area contributed by atoms with Crippen molar-refractivity contribution in [3.63, 3.8) is 0 Å². The molecule has 118 valence electrons. The molecule has 3 rings (SSSR count). The van der Waals surface area contributed by atoms with Crippen molar-refractivity contribution in [2.75, 3.05) is 0 Å². The van der Waals surface area contributed by atoms with E-state index in [1.165, 1.54) is 16.9 Å². The quantitative estimate of drug-likeness (QED) is 0.943. The smallest absolute Gasteiger partial charge is 0.261 e. The van der Waals surface area contributed by atoms with E-state index in [0.717, 1.165) is 34.9 Å². The van der Waals surface area contributed by atoms with Gasteiger partial charge in [0.2, 0.25) is 0 Å². The minimum atomic E-state index is -0.0285. The monoisotopic (exact) mass is 317 g/mol. The first-order valence-electron chi connectivity index (χ1n) is 7.86. The fourth-order valence-electron chi connectivity index (χ4n) is 3.10. The largest absolute Gasteiger partial charge is 0.345 e. The Hall–Kier alpha value is -1.62. The normalized spacial score (nSPS) is 18.8. The van der Waals surface area contributed by atoms with Crippen LogP contribution >= 0.6 is 11.3 Å². The SMILES string of the molecule is Cc1c([C@H](C)NC(=O)c2cc3c(s2)CC[C@H](C)C3)cnn1C.